The molecule has 1 aliphatic carbocycles. The first-order chi connectivity index (χ1) is 10.6. The molecule has 0 radical (unpaired) electrons. The minimum absolute atomic E-state index is 0.000671. The lowest BCUT2D eigenvalue weighted by Gasteiger charge is -2.52. The van der Waals surface area contributed by atoms with Gasteiger partial charge in [0.15, 0.2) is 6.29 Å². The van der Waals surface area contributed by atoms with E-state index in [2.05, 4.69) is 46.5 Å². The summed E-state index contributed by atoms with van der Waals surface area (Å²) in [6, 6.07) is 0. The van der Waals surface area contributed by atoms with E-state index < -0.39 is 8.32 Å². The van der Waals surface area contributed by atoms with Crippen LogP contribution >= 0.6 is 0 Å². The Morgan fingerprint density at radius 3 is 2.61 bits per heavy atom. The molecule has 2 rings (SSSR count). The van der Waals surface area contributed by atoms with E-state index in [1.165, 1.54) is 13.4 Å². The summed E-state index contributed by atoms with van der Waals surface area (Å²) in [6.45, 7) is 14.9. The predicted molar refractivity (Wildman–Crippen MR) is 93.1 cm³/mol. The predicted octanol–water partition coefficient (Wildman–Crippen LogP) is 4.17. The van der Waals surface area contributed by atoms with Gasteiger partial charge in [-0.25, -0.2) is 4.79 Å². The van der Waals surface area contributed by atoms with E-state index in [9.17, 15) is 4.79 Å². The van der Waals surface area contributed by atoms with E-state index in [-0.39, 0.29) is 29.1 Å². The van der Waals surface area contributed by atoms with E-state index in [1.54, 1.807) is 0 Å². The minimum atomic E-state index is -1.98. The van der Waals surface area contributed by atoms with Gasteiger partial charge in [-0.2, -0.15) is 0 Å². The number of allylic oxidation sites excluding steroid dienone is 2. The smallest absolute Gasteiger partial charge is 0.337 e. The average Bonchev–Trinajstić information content (AvgIpc) is 2.89. The third kappa shape index (κ3) is 3.31. The lowest BCUT2D eigenvalue weighted by molar-refractivity contribution is -0.140. The molecule has 0 saturated carbocycles. The van der Waals surface area contributed by atoms with Gasteiger partial charge < -0.3 is 13.9 Å². The molecule has 0 N–H and O–H groups in total. The highest BCUT2D eigenvalue weighted by Crippen LogP contribution is 2.46. The molecule has 129 valence electrons. The molecule has 0 aromatic heterocycles. The van der Waals surface area contributed by atoms with Crippen LogP contribution in [0.15, 0.2) is 36.1 Å². The van der Waals surface area contributed by atoms with Gasteiger partial charge in [0.25, 0.3) is 0 Å². The van der Waals surface area contributed by atoms with Crippen LogP contribution in [0.25, 0.3) is 0 Å². The van der Waals surface area contributed by atoms with E-state index >= 15 is 0 Å². The Morgan fingerprint density at radius 2 is 2.09 bits per heavy atom. The van der Waals surface area contributed by atoms with Gasteiger partial charge in [-0.3, -0.25) is 0 Å². The zero-order chi connectivity index (χ0) is 17.4. The number of carbonyl (C=O) groups excluding carboxylic acids is 1. The zero-order valence-corrected chi connectivity index (χ0v) is 16.0. The SMILES string of the molecule is C=CC1=CCC2C(C(=O)OC)=COC(O[Si-](C)(C)C(C)(C)C)C12. The van der Waals surface area contributed by atoms with Crippen LogP contribution in [0.5, 0.6) is 0 Å². The number of fused-ring (bicyclic) bond motifs is 1. The van der Waals surface area contributed by atoms with Crippen molar-refractivity contribution < 1.29 is 18.7 Å². The van der Waals surface area contributed by atoms with Gasteiger partial charge in [0.1, 0.15) is 0 Å². The molecule has 23 heavy (non-hydrogen) atoms. The summed E-state index contributed by atoms with van der Waals surface area (Å²) in [5.74, 6) is -0.288. The fraction of sp³-hybridized carbons (Fsp3) is 0.611. The van der Waals surface area contributed by atoms with Gasteiger partial charge in [0.2, 0.25) is 0 Å². The number of ether oxygens (including phenoxy) is 2. The summed E-state index contributed by atoms with van der Waals surface area (Å²) >= 11 is 0. The third-order valence-electron chi connectivity index (χ3n) is 5.32. The van der Waals surface area contributed by atoms with Gasteiger partial charge in [0, 0.05) is 5.92 Å². The number of rotatable bonds is 4. The summed E-state index contributed by atoms with van der Waals surface area (Å²) in [6.07, 6.45) is 5.91. The van der Waals surface area contributed by atoms with Crippen molar-refractivity contribution in [3.63, 3.8) is 0 Å². The second-order valence-corrected chi connectivity index (χ2v) is 12.5. The molecule has 3 atom stereocenters. The molecule has 0 saturated heterocycles. The van der Waals surface area contributed by atoms with Crippen molar-refractivity contribution in [3.8, 4) is 0 Å². The molecule has 1 heterocycles. The van der Waals surface area contributed by atoms with Gasteiger partial charge >= 0.3 is 5.97 Å². The van der Waals surface area contributed by atoms with Crippen molar-refractivity contribution in [3.05, 3.63) is 36.1 Å². The fourth-order valence-corrected chi connectivity index (χ4v) is 4.00. The maximum Gasteiger partial charge on any atom is 0.337 e. The Labute approximate surface area is 140 Å². The van der Waals surface area contributed by atoms with Crippen LogP contribution in [0, 0.1) is 11.8 Å². The minimum Gasteiger partial charge on any atom is -0.533 e. The molecular formula is C18H28O4Si-. The van der Waals surface area contributed by atoms with E-state index in [0.717, 1.165) is 12.0 Å². The quantitative estimate of drug-likeness (QED) is 0.571. The van der Waals surface area contributed by atoms with Gasteiger partial charge in [0.05, 0.1) is 24.9 Å². The summed E-state index contributed by atoms with van der Waals surface area (Å²) in [7, 11) is -0.588. The maximum atomic E-state index is 12.0. The van der Waals surface area contributed by atoms with E-state index in [0.29, 0.717) is 5.57 Å². The van der Waals surface area contributed by atoms with Crippen LogP contribution in [0.3, 0.4) is 0 Å². The molecule has 1 aliphatic heterocycles. The highest BCUT2D eigenvalue weighted by molar-refractivity contribution is 6.74. The standard InChI is InChI=1S/C18H28O4Si/c1-8-12-9-10-13-14(16(19)20-5)11-21-17(15(12)13)22-23(6,7)18(2,3)4/h8-9,11,13,15,17H,1,10H2,2-7H3/q-1. The highest BCUT2D eigenvalue weighted by atomic mass is 28.4. The van der Waals surface area contributed by atoms with Crippen molar-refractivity contribution in [2.24, 2.45) is 11.8 Å². The van der Waals surface area contributed by atoms with Crippen molar-refractivity contribution >= 4 is 14.3 Å². The Balaban J connectivity index is 2.31. The summed E-state index contributed by atoms with van der Waals surface area (Å²) < 4.78 is 17.2. The first-order valence-electron chi connectivity index (χ1n) is 8.06. The lowest BCUT2D eigenvalue weighted by atomic mass is 9.83. The monoisotopic (exact) mass is 336 g/mol. The molecule has 5 heteroatoms. The average molecular weight is 337 g/mol. The van der Waals surface area contributed by atoms with Crippen molar-refractivity contribution in [1.29, 1.82) is 0 Å². The molecule has 0 amide bonds. The Bertz CT molecular complexity index is 554. The van der Waals surface area contributed by atoms with E-state index in [1.807, 2.05) is 6.08 Å². The number of hydrogen-bond donors (Lipinski definition) is 0. The fourth-order valence-electron chi connectivity index (χ4n) is 2.86. The molecule has 0 fully saturated rings. The highest BCUT2D eigenvalue weighted by Gasteiger charge is 2.44. The summed E-state index contributed by atoms with van der Waals surface area (Å²) in [4.78, 5) is 12.0. The largest absolute Gasteiger partial charge is 0.533 e. The first kappa shape index (κ1) is 18.0. The Morgan fingerprint density at radius 1 is 1.43 bits per heavy atom. The Kier molecular flexibility index (Phi) is 4.92. The first-order valence-corrected chi connectivity index (χ1v) is 11.0. The summed E-state index contributed by atoms with van der Waals surface area (Å²) in [5.41, 5.74) is 1.67. The van der Waals surface area contributed by atoms with Gasteiger partial charge in [-0.1, -0.05) is 39.5 Å². The summed E-state index contributed by atoms with van der Waals surface area (Å²) in [5, 5.41) is 0.0921. The van der Waals surface area contributed by atoms with Crippen LogP contribution in [0.2, 0.25) is 18.1 Å². The number of hydrogen-bond acceptors (Lipinski definition) is 4. The van der Waals surface area contributed by atoms with Crippen molar-refractivity contribution in [2.45, 2.75) is 51.6 Å². The molecular weight excluding hydrogens is 308 g/mol. The molecule has 0 aromatic rings. The third-order valence-corrected chi connectivity index (χ3v) is 9.76. The molecule has 0 aromatic carbocycles. The number of methoxy groups -OCH3 is 1. The second kappa shape index (κ2) is 6.28. The van der Waals surface area contributed by atoms with Crippen molar-refractivity contribution in [2.75, 3.05) is 7.11 Å². The van der Waals surface area contributed by atoms with Crippen LogP contribution in [0.4, 0.5) is 0 Å². The number of carbonyl (C=O) groups is 1. The lowest BCUT2D eigenvalue weighted by Crippen LogP contribution is -2.48. The maximum absolute atomic E-state index is 12.0. The molecule has 0 bridgehead atoms. The number of esters is 1. The molecule has 4 nitrogen and oxygen atoms in total. The Hall–Kier alpha value is -1.33. The van der Waals surface area contributed by atoms with Crippen LogP contribution in [0.1, 0.15) is 27.2 Å². The normalized spacial score (nSPS) is 27.5. The van der Waals surface area contributed by atoms with Crippen molar-refractivity contribution in [1.82, 2.24) is 0 Å². The zero-order valence-electron chi connectivity index (χ0n) is 15.0. The van der Waals surface area contributed by atoms with Crippen LogP contribution in [-0.2, 0) is 18.7 Å². The van der Waals surface area contributed by atoms with Gasteiger partial charge in [-0.15, -0.1) is 18.1 Å². The molecule has 2 aliphatic rings. The topological polar surface area (TPSA) is 44.8 Å². The molecule has 3 unspecified atom stereocenters. The molecule has 0 spiro atoms. The van der Waals surface area contributed by atoms with Crippen LogP contribution < -0.4 is 0 Å². The van der Waals surface area contributed by atoms with Gasteiger partial charge in [-0.05, 0) is 20.3 Å². The second-order valence-electron chi connectivity index (χ2n) is 7.72. The van der Waals surface area contributed by atoms with Crippen LogP contribution in [-0.4, -0.2) is 27.7 Å². The van der Waals surface area contributed by atoms with E-state index in [4.69, 9.17) is 13.9 Å².